The molecule has 0 aliphatic heterocycles. The summed E-state index contributed by atoms with van der Waals surface area (Å²) in [5, 5.41) is 7.35. The first kappa shape index (κ1) is 18.0. The Morgan fingerprint density at radius 1 is 1.36 bits per heavy atom. The number of aliphatic imine (C=N–C) groups is 1. The van der Waals surface area contributed by atoms with Crippen LogP contribution in [0.2, 0.25) is 0 Å². The lowest BCUT2D eigenvalue weighted by Gasteiger charge is -2.25. The average molecular weight is 308 g/mol. The lowest BCUT2D eigenvalue weighted by molar-refractivity contribution is -0.131. The van der Waals surface area contributed by atoms with Crippen molar-refractivity contribution in [1.29, 1.82) is 0 Å². The van der Waals surface area contributed by atoms with E-state index >= 15 is 0 Å². The quantitative estimate of drug-likeness (QED) is 0.594. The standard InChI is InChI=1S/C15H28N6O/c1-6-16-15(17-9-13-10-18-20(5)11-13)19(4)12-14(22)21(7-2)8-3/h10-11H,6-9,12H2,1-5H3,(H,16,17). The summed E-state index contributed by atoms with van der Waals surface area (Å²) in [6.45, 7) is 9.07. The molecule has 7 nitrogen and oxygen atoms in total. The first-order valence-electron chi connectivity index (χ1n) is 7.76. The van der Waals surface area contributed by atoms with Crippen molar-refractivity contribution < 1.29 is 4.79 Å². The van der Waals surface area contributed by atoms with Crippen molar-refractivity contribution in [3.63, 3.8) is 0 Å². The number of rotatable bonds is 7. The molecule has 1 N–H and O–H groups in total. The highest BCUT2D eigenvalue weighted by Gasteiger charge is 2.14. The van der Waals surface area contributed by atoms with Crippen LogP contribution in [0.4, 0.5) is 0 Å². The summed E-state index contributed by atoms with van der Waals surface area (Å²) >= 11 is 0. The van der Waals surface area contributed by atoms with E-state index in [0.717, 1.165) is 31.2 Å². The first-order chi connectivity index (χ1) is 10.5. The molecule has 0 aromatic carbocycles. The van der Waals surface area contributed by atoms with E-state index in [-0.39, 0.29) is 5.91 Å². The molecule has 7 heteroatoms. The minimum Gasteiger partial charge on any atom is -0.357 e. The third-order valence-electron chi connectivity index (χ3n) is 3.35. The van der Waals surface area contributed by atoms with Crippen molar-refractivity contribution in [2.45, 2.75) is 27.3 Å². The molecule has 0 saturated heterocycles. The summed E-state index contributed by atoms with van der Waals surface area (Å²) in [6, 6.07) is 0. The second-order valence-electron chi connectivity index (χ2n) is 5.11. The van der Waals surface area contributed by atoms with Crippen molar-refractivity contribution in [2.24, 2.45) is 12.0 Å². The molecule has 1 aromatic heterocycles. The highest BCUT2D eigenvalue weighted by Crippen LogP contribution is 2.00. The van der Waals surface area contributed by atoms with Gasteiger partial charge < -0.3 is 15.1 Å². The fourth-order valence-electron chi connectivity index (χ4n) is 2.14. The third kappa shape index (κ3) is 5.38. The fourth-order valence-corrected chi connectivity index (χ4v) is 2.14. The summed E-state index contributed by atoms with van der Waals surface area (Å²) in [4.78, 5) is 20.4. The zero-order chi connectivity index (χ0) is 16.5. The van der Waals surface area contributed by atoms with Gasteiger partial charge in [0, 0.05) is 45.5 Å². The Bertz CT molecular complexity index is 492. The van der Waals surface area contributed by atoms with E-state index in [1.165, 1.54) is 0 Å². The Morgan fingerprint density at radius 2 is 2.05 bits per heavy atom. The number of carbonyl (C=O) groups is 1. The maximum absolute atomic E-state index is 12.2. The smallest absolute Gasteiger partial charge is 0.242 e. The van der Waals surface area contributed by atoms with Crippen molar-refractivity contribution in [1.82, 2.24) is 24.9 Å². The van der Waals surface area contributed by atoms with Crippen LogP contribution in [0.15, 0.2) is 17.4 Å². The van der Waals surface area contributed by atoms with Gasteiger partial charge in [0.2, 0.25) is 5.91 Å². The van der Waals surface area contributed by atoms with Crippen LogP contribution < -0.4 is 5.32 Å². The molecule has 0 unspecified atom stereocenters. The summed E-state index contributed by atoms with van der Waals surface area (Å²) in [5.41, 5.74) is 1.04. The van der Waals surface area contributed by atoms with Gasteiger partial charge in [-0.05, 0) is 20.8 Å². The summed E-state index contributed by atoms with van der Waals surface area (Å²) in [5.74, 6) is 0.839. The predicted molar refractivity (Wildman–Crippen MR) is 88.6 cm³/mol. The van der Waals surface area contributed by atoms with Gasteiger partial charge in [-0.15, -0.1) is 0 Å². The highest BCUT2D eigenvalue weighted by atomic mass is 16.2. The number of hydrogen-bond acceptors (Lipinski definition) is 3. The molecule has 0 bridgehead atoms. The van der Waals surface area contributed by atoms with E-state index in [2.05, 4.69) is 15.4 Å². The number of aromatic nitrogens is 2. The summed E-state index contributed by atoms with van der Waals surface area (Å²) in [6.07, 6.45) is 3.74. The van der Waals surface area contributed by atoms with E-state index in [0.29, 0.717) is 13.1 Å². The molecule has 1 amide bonds. The molecule has 0 radical (unpaired) electrons. The zero-order valence-corrected chi connectivity index (χ0v) is 14.3. The monoisotopic (exact) mass is 308 g/mol. The normalized spacial score (nSPS) is 11.4. The molecule has 0 spiro atoms. The van der Waals surface area contributed by atoms with Crippen LogP contribution in [0, 0.1) is 0 Å². The van der Waals surface area contributed by atoms with Crippen LogP contribution >= 0.6 is 0 Å². The van der Waals surface area contributed by atoms with E-state index in [1.807, 2.05) is 50.9 Å². The van der Waals surface area contributed by atoms with Crippen LogP contribution in [0.1, 0.15) is 26.3 Å². The fraction of sp³-hybridized carbons (Fsp3) is 0.667. The van der Waals surface area contributed by atoms with Crippen molar-refractivity contribution >= 4 is 11.9 Å². The number of aryl methyl sites for hydroxylation is 1. The third-order valence-corrected chi connectivity index (χ3v) is 3.35. The molecule has 0 aliphatic carbocycles. The van der Waals surface area contributed by atoms with Gasteiger partial charge in [0.25, 0.3) is 0 Å². The van der Waals surface area contributed by atoms with Gasteiger partial charge in [-0.2, -0.15) is 5.10 Å². The second-order valence-corrected chi connectivity index (χ2v) is 5.11. The van der Waals surface area contributed by atoms with Crippen LogP contribution in [0.3, 0.4) is 0 Å². The Labute approximate surface area is 133 Å². The Morgan fingerprint density at radius 3 is 2.55 bits per heavy atom. The van der Waals surface area contributed by atoms with E-state index in [1.54, 1.807) is 10.9 Å². The minimum atomic E-state index is 0.111. The van der Waals surface area contributed by atoms with Gasteiger partial charge in [0.1, 0.15) is 0 Å². The van der Waals surface area contributed by atoms with Gasteiger partial charge in [-0.1, -0.05) is 0 Å². The molecule has 0 saturated carbocycles. The SMILES string of the molecule is CCNC(=NCc1cnn(C)c1)N(C)CC(=O)N(CC)CC. The molecular formula is C15H28N6O. The molecule has 1 aromatic rings. The number of hydrogen-bond donors (Lipinski definition) is 1. The Balaban J connectivity index is 2.69. The minimum absolute atomic E-state index is 0.111. The molecule has 22 heavy (non-hydrogen) atoms. The number of nitrogens with one attached hydrogen (secondary N) is 1. The van der Waals surface area contributed by atoms with E-state index < -0.39 is 0 Å². The Kier molecular flexibility index (Phi) is 7.42. The summed E-state index contributed by atoms with van der Waals surface area (Å²) < 4.78 is 1.76. The molecule has 1 rings (SSSR count). The Hall–Kier alpha value is -2.05. The lowest BCUT2D eigenvalue weighted by atomic mass is 10.4. The topological polar surface area (TPSA) is 65.8 Å². The second kappa shape index (κ2) is 9.07. The van der Waals surface area contributed by atoms with Gasteiger partial charge in [-0.25, -0.2) is 4.99 Å². The first-order valence-corrected chi connectivity index (χ1v) is 7.76. The van der Waals surface area contributed by atoms with Gasteiger partial charge in [0.15, 0.2) is 5.96 Å². The van der Waals surface area contributed by atoms with Crippen LogP contribution in [0.25, 0.3) is 0 Å². The predicted octanol–water partition coefficient (Wildman–Crippen LogP) is 0.686. The maximum Gasteiger partial charge on any atom is 0.242 e. The van der Waals surface area contributed by atoms with Crippen molar-refractivity contribution in [3.8, 4) is 0 Å². The number of amides is 1. The number of nitrogens with zero attached hydrogens (tertiary/aromatic N) is 5. The number of guanidine groups is 1. The van der Waals surface area contributed by atoms with Crippen LogP contribution in [-0.4, -0.2) is 64.7 Å². The van der Waals surface area contributed by atoms with Gasteiger partial charge >= 0.3 is 0 Å². The number of likely N-dealkylation sites (N-methyl/N-ethyl adjacent to an activating group) is 2. The van der Waals surface area contributed by atoms with E-state index in [9.17, 15) is 4.79 Å². The van der Waals surface area contributed by atoms with E-state index in [4.69, 9.17) is 0 Å². The van der Waals surface area contributed by atoms with Crippen molar-refractivity contribution in [2.75, 3.05) is 33.2 Å². The molecular weight excluding hydrogens is 280 g/mol. The van der Waals surface area contributed by atoms with Crippen molar-refractivity contribution in [3.05, 3.63) is 18.0 Å². The summed E-state index contributed by atoms with van der Waals surface area (Å²) in [7, 11) is 3.76. The largest absolute Gasteiger partial charge is 0.357 e. The van der Waals surface area contributed by atoms with Crippen LogP contribution in [-0.2, 0) is 18.4 Å². The van der Waals surface area contributed by atoms with Crippen LogP contribution in [0.5, 0.6) is 0 Å². The number of carbonyl (C=O) groups excluding carboxylic acids is 1. The molecule has 0 aliphatic rings. The molecule has 124 valence electrons. The van der Waals surface area contributed by atoms with Gasteiger partial charge in [-0.3, -0.25) is 9.48 Å². The average Bonchev–Trinajstić information content (AvgIpc) is 2.90. The van der Waals surface area contributed by atoms with Gasteiger partial charge in [0.05, 0.1) is 19.3 Å². The zero-order valence-electron chi connectivity index (χ0n) is 14.3. The molecule has 0 atom stereocenters. The molecule has 1 heterocycles. The molecule has 0 fully saturated rings. The maximum atomic E-state index is 12.2. The lowest BCUT2D eigenvalue weighted by Crippen LogP contribution is -2.45. The highest BCUT2D eigenvalue weighted by molar-refractivity contribution is 5.86.